The number of rotatable bonds is 1. The summed E-state index contributed by atoms with van der Waals surface area (Å²) < 4.78 is 38.9. The van der Waals surface area contributed by atoms with Crippen molar-refractivity contribution in [3.8, 4) is 0 Å². The van der Waals surface area contributed by atoms with Crippen LogP contribution >= 0.6 is 0 Å². The average Bonchev–Trinajstić information content (AvgIpc) is 2.47. The van der Waals surface area contributed by atoms with Crippen LogP contribution in [-0.4, -0.2) is 10.7 Å². The molecule has 5 heteroatoms. The van der Waals surface area contributed by atoms with Crippen LogP contribution in [0, 0.1) is 0 Å². The van der Waals surface area contributed by atoms with Gasteiger partial charge in [-0.05, 0) is 37.8 Å². The van der Waals surface area contributed by atoms with Gasteiger partial charge in [-0.25, -0.2) is 4.98 Å². The fourth-order valence-corrected chi connectivity index (χ4v) is 2.64. The zero-order chi connectivity index (χ0) is 14.9. The second-order valence-corrected chi connectivity index (χ2v) is 5.28. The molecule has 0 unspecified atom stereocenters. The second kappa shape index (κ2) is 5.47. The molecule has 1 aromatic heterocycles. The molecule has 0 atom stereocenters. The molecular weight excluding hydrogens is 277 g/mol. The molecule has 21 heavy (non-hydrogen) atoms. The number of aromatic nitrogens is 1. The normalized spacial score (nSPS) is 16.2. The number of aliphatic imine (C=N–C) groups is 1. The van der Waals surface area contributed by atoms with E-state index in [9.17, 15) is 13.2 Å². The highest BCUT2D eigenvalue weighted by Gasteiger charge is 2.33. The van der Waals surface area contributed by atoms with Crippen molar-refractivity contribution in [2.45, 2.75) is 38.3 Å². The summed E-state index contributed by atoms with van der Waals surface area (Å²) in [5.74, 6) is 0. The Balaban J connectivity index is 2.14. The van der Waals surface area contributed by atoms with Gasteiger partial charge in [-0.1, -0.05) is 24.6 Å². The monoisotopic (exact) mass is 292 g/mol. The first-order valence-electron chi connectivity index (χ1n) is 7.07. The number of hydrogen-bond donors (Lipinski definition) is 0. The van der Waals surface area contributed by atoms with Crippen molar-refractivity contribution in [3.63, 3.8) is 0 Å². The zero-order valence-corrected chi connectivity index (χ0v) is 11.5. The first-order chi connectivity index (χ1) is 10.0. The molecule has 1 aliphatic rings. The molecule has 1 aromatic carbocycles. The molecule has 110 valence electrons. The first kappa shape index (κ1) is 14.0. The molecule has 0 saturated heterocycles. The Labute approximate surface area is 120 Å². The fourth-order valence-electron chi connectivity index (χ4n) is 2.64. The van der Waals surface area contributed by atoms with Crippen LogP contribution in [0.25, 0.3) is 10.9 Å². The summed E-state index contributed by atoms with van der Waals surface area (Å²) in [6.45, 7) is 0. The van der Waals surface area contributed by atoms with Crippen molar-refractivity contribution in [2.75, 3.05) is 0 Å². The molecule has 2 nitrogen and oxygen atoms in total. The van der Waals surface area contributed by atoms with Gasteiger partial charge in [0.05, 0.1) is 11.2 Å². The number of nitrogens with zero attached hydrogens (tertiary/aromatic N) is 2. The van der Waals surface area contributed by atoms with E-state index < -0.39 is 11.9 Å². The predicted octanol–water partition coefficient (Wildman–Crippen LogP) is 5.29. The zero-order valence-electron chi connectivity index (χ0n) is 11.5. The number of fused-ring (bicyclic) bond motifs is 1. The van der Waals surface area contributed by atoms with Gasteiger partial charge in [0.1, 0.15) is 5.69 Å². The molecule has 0 spiro atoms. The van der Waals surface area contributed by atoms with Gasteiger partial charge in [0, 0.05) is 11.1 Å². The number of benzene rings is 1. The van der Waals surface area contributed by atoms with Crippen molar-refractivity contribution in [1.29, 1.82) is 0 Å². The van der Waals surface area contributed by atoms with Crippen molar-refractivity contribution >= 4 is 22.3 Å². The lowest BCUT2D eigenvalue weighted by molar-refractivity contribution is -0.140. The number of para-hydroxylation sites is 1. The number of hydrogen-bond acceptors (Lipinski definition) is 2. The smallest absolute Gasteiger partial charge is 0.257 e. The molecule has 1 aliphatic carbocycles. The predicted molar refractivity (Wildman–Crippen MR) is 76.9 cm³/mol. The lowest BCUT2D eigenvalue weighted by Gasteiger charge is -2.14. The SMILES string of the molecule is FC(F)(F)c1cc(N=C2CCCCC2)c2ccccc2n1. The average molecular weight is 292 g/mol. The Morgan fingerprint density at radius 1 is 1.00 bits per heavy atom. The van der Waals surface area contributed by atoms with E-state index in [0.717, 1.165) is 37.5 Å². The van der Waals surface area contributed by atoms with E-state index in [0.29, 0.717) is 16.6 Å². The third kappa shape index (κ3) is 3.06. The van der Waals surface area contributed by atoms with Crippen LogP contribution in [-0.2, 0) is 6.18 Å². The summed E-state index contributed by atoms with van der Waals surface area (Å²) in [5.41, 5.74) is 0.828. The summed E-state index contributed by atoms with van der Waals surface area (Å²) in [7, 11) is 0. The largest absolute Gasteiger partial charge is 0.433 e. The number of pyridine rings is 1. The van der Waals surface area contributed by atoms with Crippen LogP contribution in [0.5, 0.6) is 0 Å². The molecule has 0 radical (unpaired) electrons. The van der Waals surface area contributed by atoms with Gasteiger partial charge in [-0.2, -0.15) is 13.2 Å². The maximum atomic E-state index is 13.0. The Hall–Kier alpha value is -1.91. The van der Waals surface area contributed by atoms with E-state index in [1.165, 1.54) is 6.42 Å². The molecule has 0 aliphatic heterocycles. The lowest BCUT2D eigenvalue weighted by Crippen LogP contribution is -2.08. The minimum Gasteiger partial charge on any atom is -0.257 e. The maximum Gasteiger partial charge on any atom is 0.433 e. The van der Waals surface area contributed by atoms with Gasteiger partial charge in [-0.15, -0.1) is 0 Å². The van der Waals surface area contributed by atoms with E-state index in [-0.39, 0.29) is 0 Å². The topological polar surface area (TPSA) is 25.2 Å². The highest BCUT2D eigenvalue weighted by molar-refractivity contribution is 5.95. The highest BCUT2D eigenvalue weighted by Crippen LogP contribution is 2.34. The second-order valence-electron chi connectivity index (χ2n) is 5.28. The van der Waals surface area contributed by atoms with Gasteiger partial charge in [0.15, 0.2) is 0 Å². The van der Waals surface area contributed by atoms with Gasteiger partial charge >= 0.3 is 6.18 Å². The van der Waals surface area contributed by atoms with E-state index in [1.54, 1.807) is 24.3 Å². The van der Waals surface area contributed by atoms with Gasteiger partial charge in [-0.3, -0.25) is 4.99 Å². The van der Waals surface area contributed by atoms with Crippen molar-refractivity contribution in [2.24, 2.45) is 4.99 Å². The summed E-state index contributed by atoms with van der Waals surface area (Å²) in [6, 6.07) is 7.90. The molecule has 0 amide bonds. The van der Waals surface area contributed by atoms with E-state index in [1.807, 2.05) is 0 Å². The van der Waals surface area contributed by atoms with Crippen LogP contribution in [0.1, 0.15) is 37.8 Å². The minimum absolute atomic E-state index is 0.336. The van der Waals surface area contributed by atoms with E-state index in [2.05, 4.69) is 9.98 Å². The first-order valence-corrected chi connectivity index (χ1v) is 7.07. The third-order valence-corrected chi connectivity index (χ3v) is 3.69. The van der Waals surface area contributed by atoms with Crippen molar-refractivity contribution < 1.29 is 13.2 Å². The Morgan fingerprint density at radius 3 is 2.43 bits per heavy atom. The fraction of sp³-hybridized carbons (Fsp3) is 0.375. The lowest BCUT2D eigenvalue weighted by atomic mass is 9.98. The minimum atomic E-state index is -4.45. The van der Waals surface area contributed by atoms with Crippen LogP contribution in [0.2, 0.25) is 0 Å². The Kier molecular flexibility index (Phi) is 3.66. The van der Waals surface area contributed by atoms with E-state index in [4.69, 9.17) is 0 Å². The molecule has 0 N–H and O–H groups in total. The summed E-state index contributed by atoms with van der Waals surface area (Å²) in [6.07, 6.45) is 0.591. The summed E-state index contributed by atoms with van der Waals surface area (Å²) in [5, 5.41) is 0.670. The number of alkyl halides is 3. The molecule has 1 heterocycles. The highest BCUT2D eigenvalue weighted by atomic mass is 19.4. The van der Waals surface area contributed by atoms with Gasteiger partial charge in [0.2, 0.25) is 0 Å². The Bertz CT molecular complexity index is 681. The van der Waals surface area contributed by atoms with Gasteiger partial charge in [0.25, 0.3) is 0 Å². The van der Waals surface area contributed by atoms with Crippen LogP contribution in [0.3, 0.4) is 0 Å². The van der Waals surface area contributed by atoms with Crippen LogP contribution in [0.4, 0.5) is 18.9 Å². The number of halogens is 3. The van der Waals surface area contributed by atoms with Crippen molar-refractivity contribution in [3.05, 3.63) is 36.0 Å². The Morgan fingerprint density at radius 2 is 1.71 bits per heavy atom. The standard InChI is InChI=1S/C16H15F3N2/c17-16(18,19)15-10-14(20-11-6-2-1-3-7-11)12-8-4-5-9-13(12)21-15/h4-5,8-10H,1-3,6-7H2. The quantitative estimate of drug-likeness (QED) is 0.701. The molecule has 1 fully saturated rings. The van der Waals surface area contributed by atoms with Crippen LogP contribution in [0.15, 0.2) is 35.3 Å². The molecular formula is C16H15F3N2. The molecule has 3 rings (SSSR count). The van der Waals surface area contributed by atoms with Crippen molar-refractivity contribution in [1.82, 2.24) is 4.98 Å². The third-order valence-electron chi connectivity index (χ3n) is 3.69. The van der Waals surface area contributed by atoms with Crippen LogP contribution < -0.4 is 0 Å². The molecule has 0 bridgehead atoms. The molecule has 1 saturated carbocycles. The maximum absolute atomic E-state index is 13.0. The summed E-state index contributed by atoms with van der Waals surface area (Å²) in [4.78, 5) is 8.20. The summed E-state index contributed by atoms with van der Waals surface area (Å²) >= 11 is 0. The molecule has 2 aromatic rings. The van der Waals surface area contributed by atoms with Gasteiger partial charge < -0.3 is 0 Å². The van der Waals surface area contributed by atoms with E-state index >= 15 is 0 Å².